The van der Waals surface area contributed by atoms with Crippen LogP contribution in [0.15, 0.2) is 84.9 Å². The average Bonchev–Trinajstić information content (AvgIpc) is 3.01. The molecule has 0 aliphatic carbocycles. The number of fused-ring (bicyclic) bond motifs is 1. The van der Waals surface area contributed by atoms with E-state index in [2.05, 4.69) is 29.3 Å². The number of amides is 1. The lowest BCUT2D eigenvalue weighted by atomic mass is 9.93. The molecular weight excluding hydrogens is 516 g/mol. The number of anilines is 1. The quantitative estimate of drug-likeness (QED) is 0.189. The topological polar surface area (TPSA) is 77.1 Å². The molecule has 1 heterocycles. The van der Waals surface area contributed by atoms with Gasteiger partial charge >= 0.3 is 0 Å². The van der Waals surface area contributed by atoms with Gasteiger partial charge in [0.25, 0.3) is 11.7 Å². The number of rotatable bonds is 11. The number of nitrogens with zero attached hydrogens (tertiary/aromatic N) is 1. The largest absolute Gasteiger partial charge is 0.495 e. The molecule has 1 fully saturated rings. The van der Waals surface area contributed by atoms with Gasteiger partial charge < -0.3 is 19.5 Å². The van der Waals surface area contributed by atoms with Gasteiger partial charge in [-0.1, -0.05) is 67.6 Å². The molecule has 0 spiro atoms. The molecule has 1 aliphatic heterocycles. The van der Waals surface area contributed by atoms with Gasteiger partial charge in [-0.05, 0) is 53.1 Å². The minimum atomic E-state index is -0.720. The van der Waals surface area contributed by atoms with Crippen LogP contribution in [0, 0.1) is 0 Å². The summed E-state index contributed by atoms with van der Waals surface area (Å²) in [6, 6.07) is 26.9. The third-order valence-electron chi connectivity index (χ3n) is 7.53. The normalized spacial score (nSPS) is 14.4. The molecular formula is C34H36N2O5. The molecule has 4 aromatic rings. The second kappa shape index (κ2) is 13.4. The van der Waals surface area contributed by atoms with E-state index in [9.17, 15) is 9.59 Å². The van der Waals surface area contributed by atoms with Crippen LogP contribution >= 0.6 is 0 Å². The summed E-state index contributed by atoms with van der Waals surface area (Å²) in [5, 5.41) is 4.28. The molecule has 7 nitrogen and oxygen atoms in total. The van der Waals surface area contributed by atoms with Gasteiger partial charge in [-0.15, -0.1) is 0 Å². The second-order valence-corrected chi connectivity index (χ2v) is 10.3. The second-order valence-electron chi connectivity index (χ2n) is 10.3. The fourth-order valence-corrected chi connectivity index (χ4v) is 5.22. The fourth-order valence-electron chi connectivity index (χ4n) is 5.22. The van der Waals surface area contributed by atoms with Crippen molar-refractivity contribution in [2.45, 2.75) is 19.3 Å². The zero-order valence-corrected chi connectivity index (χ0v) is 23.6. The number of carbonyl (C=O) groups excluding carboxylic acids is 2. The maximum absolute atomic E-state index is 13.4. The Kier molecular flexibility index (Phi) is 9.29. The number of methoxy groups -OCH3 is 1. The number of nitrogens with one attached hydrogen (secondary N) is 1. The molecule has 4 aromatic carbocycles. The molecule has 0 radical (unpaired) electrons. The zero-order chi connectivity index (χ0) is 28.6. The van der Waals surface area contributed by atoms with Crippen molar-refractivity contribution in [2.24, 2.45) is 0 Å². The highest BCUT2D eigenvalue weighted by Crippen LogP contribution is 2.32. The Morgan fingerprint density at radius 1 is 0.902 bits per heavy atom. The minimum Gasteiger partial charge on any atom is -0.495 e. The van der Waals surface area contributed by atoms with Crippen molar-refractivity contribution >= 4 is 28.2 Å². The molecule has 7 heteroatoms. The number of hydrogen-bond acceptors (Lipinski definition) is 6. The summed E-state index contributed by atoms with van der Waals surface area (Å²) in [7, 11) is 1.55. The lowest BCUT2D eigenvalue weighted by Gasteiger charge is -2.26. The highest BCUT2D eigenvalue weighted by Gasteiger charge is 2.22. The van der Waals surface area contributed by atoms with E-state index < -0.39 is 11.7 Å². The highest BCUT2D eigenvalue weighted by atomic mass is 16.5. The Bertz CT molecular complexity index is 1500. The van der Waals surface area contributed by atoms with E-state index in [1.54, 1.807) is 19.2 Å². The standard InChI is InChI=1S/C34H36N2O5/c1-24(22-25-8-4-3-5-9-25)26-12-14-32(39-2)30(23-26)35-34(38)33(37)29-13-15-31(28-11-7-6-10-27(28)29)41-21-18-36-16-19-40-20-17-36/h3-15,23-24H,16-22H2,1-2H3,(H,35,38). The van der Waals surface area contributed by atoms with E-state index in [0.29, 0.717) is 34.7 Å². The lowest BCUT2D eigenvalue weighted by molar-refractivity contribution is -0.112. The predicted molar refractivity (Wildman–Crippen MR) is 161 cm³/mol. The number of carbonyl (C=O) groups is 2. The summed E-state index contributed by atoms with van der Waals surface area (Å²) in [4.78, 5) is 29.0. The first-order valence-corrected chi connectivity index (χ1v) is 14.1. The molecule has 41 heavy (non-hydrogen) atoms. The first-order valence-electron chi connectivity index (χ1n) is 14.1. The van der Waals surface area contributed by atoms with Crippen LogP contribution < -0.4 is 14.8 Å². The summed E-state index contributed by atoms with van der Waals surface area (Å²) in [6.45, 7) is 6.73. The lowest BCUT2D eigenvalue weighted by Crippen LogP contribution is -2.38. The molecule has 0 bridgehead atoms. The number of ketones is 1. The number of hydrogen-bond donors (Lipinski definition) is 1. The molecule has 212 valence electrons. The van der Waals surface area contributed by atoms with Crippen molar-refractivity contribution in [3.8, 4) is 11.5 Å². The van der Waals surface area contributed by atoms with Crippen molar-refractivity contribution in [3.05, 3.63) is 102 Å². The Labute approximate surface area is 241 Å². The van der Waals surface area contributed by atoms with Gasteiger partial charge in [0.05, 0.1) is 26.0 Å². The molecule has 5 rings (SSSR count). The summed E-state index contributed by atoms with van der Waals surface area (Å²) >= 11 is 0. The van der Waals surface area contributed by atoms with Crippen molar-refractivity contribution in [2.75, 3.05) is 51.9 Å². The third kappa shape index (κ3) is 6.93. The molecule has 1 saturated heterocycles. The van der Waals surface area contributed by atoms with E-state index in [-0.39, 0.29) is 5.92 Å². The summed E-state index contributed by atoms with van der Waals surface area (Å²) < 4.78 is 17.0. The van der Waals surface area contributed by atoms with E-state index >= 15 is 0 Å². The van der Waals surface area contributed by atoms with Crippen LogP contribution in [-0.4, -0.2) is 63.2 Å². The van der Waals surface area contributed by atoms with Gasteiger partial charge in [-0.3, -0.25) is 14.5 Å². The molecule has 0 saturated carbocycles. The number of morpholine rings is 1. The van der Waals surface area contributed by atoms with E-state index in [4.69, 9.17) is 14.2 Å². The van der Waals surface area contributed by atoms with E-state index in [0.717, 1.165) is 50.2 Å². The van der Waals surface area contributed by atoms with Crippen molar-refractivity contribution in [1.29, 1.82) is 0 Å². The molecule has 0 aromatic heterocycles. The van der Waals surface area contributed by atoms with Crippen molar-refractivity contribution in [1.82, 2.24) is 4.90 Å². The molecule has 1 aliphatic rings. The first-order chi connectivity index (χ1) is 20.0. The van der Waals surface area contributed by atoms with Crippen LogP contribution in [0.25, 0.3) is 10.8 Å². The smallest absolute Gasteiger partial charge is 0.296 e. The third-order valence-corrected chi connectivity index (χ3v) is 7.53. The molecule has 1 unspecified atom stereocenters. The minimum absolute atomic E-state index is 0.203. The number of ether oxygens (including phenoxy) is 3. The summed E-state index contributed by atoms with van der Waals surface area (Å²) in [6.07, 6.45) is 0.854. The maximum atomic E-state index is 13.4. The Balaban J connectivity index is 1.31. The van der Waals surface area contributed by atoms with Crippen LogP contribution in [0.2, 0.25) is 0 Å². The van der Waals surface area contributed by atoms with Crippen molar-refractivity contribution in [3.63, 3.8) is 0 Å². The van der Waals surface area contributed by atoms with Gasteiger partial charge in [0.1, 0.15) is 18.1 Å². The van der Waals surface area contributed by atoms with E-state index in [1.807, 2.05) is 60.7 Å². The molecule has 1 atom stereocenters. The first kappa shape index (κ1) is 28.3. The SMILES string of the molecule is COc1ccc(C(C)Cc2ccccc2)cc1NC(=O)C(=O)c1ccc(OCCN2CCOCC2)c2ccccc12. The van der Waals surface area contributed by atoms with Crippen LogP contribution in [0.4, 0.5) is 5.69 Å². The highest BCUT2D eigenvalue weighted by molar-refractivity contribution is 6.48. The average molecular weight is 553 g/mol. The zero-order valence-electron chi connectivity index (χ0n) is 23.6. The van der Waals surface area contributed by atoms with Crippen LogP contribution in [0.5, 0.6) is 11.5 Å². The fraction of sp³-hybridized carbons (Fsp3) is 0.294. The predicted octanol–water partition coefficient (Wildman–Crippen LogP) is 5.73. The summed E-state index contributed by atoms with van der Waals surface area (Å²) in [5.74, 6) is 0.0471. The van der Waals surface area contributed by atoms with Crippen LogP contribution in [0.1, 0.15) is 34.3 Å². The monoisotopic (exact) mass is 552 g/mol. The van der Waals surface area contributed by atoms with E-state index in [1.165, 1.54) is 5.56 Å². The van der Waals surface area contributed by atoms with Crippen LogP contribution in [0.3, 0.4) is 0 Å². The maximum Gasteiger partial charge on any atom is 0.296 e. The van der Waals surface area contributed by atoms with Gasteiger partial charge in [-0.25, -0.2) is 0 Å². The van der Waals surface area contributed by atoms with Gasteiger partial charge in [0.2, 0.25) is 0 Å². The Hall–Kier alpha value is -4.20. The van der Waals surface area contributed by atoms with Gasteiger partial charge in [-0.2, -0.15) is 0 Å². The Morgan fingerprint density at radius 3 is 2.37 bits per heavy atom. The Morgan fingerprint density at radius 2 is 1.61 bits per heavy atom. The summed E-state index contributed by atoms with van der Waals surface area (Å²) in [5.41, 5.74) is 3.07. The van der Waals surface area contributed by atoms with Gasteiger partial charge in [0, 0.05) is 30.6 Å². The number of benzene rings is 4. The van der Waals surface area contributed by atoms with Gasteiger partial charge in [0.15, 0.2) is 0 Å². The number of Topliss-reactive ketones (excluding diaryl/α,β-unsaturated/α-hetero) is 1. The molecule has 1 amide bonds. The van der Waals surface area contributed by atoms with Crippen molar-refractivity contribution < 1.29 is 23.8 Å². The molecule has 1 N–H and O–H groups in total. The van der Waals surface area contributed by atoms with Crippen LogP contribution in [-0.2, 0) is 16.0 Å².